The first-order chi connectivity index (χ1) is 9.65. The van der Waals surface area contributed by atoms with Crippen LogP contribution in [0.2, 0.25) is 5.02 Å². The van der Waals surface area contributed by atoms with Crippen molar-refractivity contribution in [3.63, 3.8) is 0 Å². The van der Waals surface area contributed by atoms with Crippen molar-refractivity contribution >= 4 is 28.9 Å². The number of halogens is 1. The number of hydrogen-bond donors (Lipinski definition) is 1. The van der Waals surface area contributed by atoms with Crippen molar-refractivity contribution in [1.29, 1.82) is 0 Å². The third-order valence-electron chi connectivity index (χ3n) is 3.46. The largest absolute Gasteiger partial charge is 0.372 e. The zero-order valence-electron chi connectivity index (χ0n) is 11.1. The Bertz CT molecular complexity index is 639. The van der Waals surface area contributed by atoms with Gasteiger partial charge in [0.15, 0.2) is 0 Å². The number of hydrogen-bond acceptors (Lipinski definition) is 2. The van der Waals surface area contributed by atoms with E-state index in [1.165, 1.54) is 0 Å². The molecule has 1 atom stereocenters. The highest BCUT2D eigenvalue weighted by molar-refractivity contribution is 6.30. The average Bonchev–Trinajstić information content (AvgIpc) is 2.46. The van der Waals surface area contributed by atoms with E-state index in [4.69, 9.17) is 11.6 Å². The Morgan fingerprint density at radius 3 is 2.60 bits per heavy atom. The van der Waals surface area contributed by atoms with E-state index in [2.05, 4.69) is 5.32 Å². The van der Waals surface area contributed by atoms with E-state index in [-0.39, 0.29) is 11.9 Å². The van der Waals surface area contributed by atoms with Crippen molar-refractivity contribution in [3.05, 3.63) is 59.1 Å². The second kappa shape index (κ2) is 5.17. The summed E-state index contributed by atoms with van der Waals surface area (Å²) in [5.74, 6) is 0.0821. The zero-order chi connectivity index (χ0) is 14.1. The van der Waals surface area contributed by atoms with Crippen LogP contribution in [-0.4, -0.2) is 11.9 Å². The maximum Gasteiger partial charge on any atom is 0.249 e. The van der Waals surface area contributed by atoms with Crippen LogP contribution in [0.25, 0.3) is 0 Å². The van der Waals surface area contributed by atoms with E-state index >= 15 is 0 Å². The molecule has 3 rings (SSSR count). The molecule has 0 saturated carbocycles. The molecule has 0 fully saturated rings. The zero-order valence-corrected chi connectivity index (χ0v) is 11.9. The van der Waals surface area contributed by atoms with Gasteiger partial charge in [-0.15, -0.1) is 0 Å². The monoisotopic (exact) mass is 286 g/mol. The smallest absolute Gasteiger partial charge is 0.249 e. The van der Waals surface area contributed by atoms with Gasteiger partial charge in [-0.3, -0.25) is 4.79 Å². The van der Waals surface area contributed by atoms with Crippen LogP contribution in [0.4, 0.5) is 11.4 Å². The normalized spacial score (nSPS) is 17.6. The molecule has 0 spiro atoms. The van der Waals surface area contributed by atoms with Crippen LogP contribution in [-0.2, 0) is 11.3 Å². The molecule has 0 aliphatic carbocycles. The standard InChI is InChI=1S/C16H15ClN2O/c1-11-16(20)19(10-12-6-8-13(17)9-7-12)15-5-3-2-4-14(15)18-11/h2-9,11,18H,10H2,1H3. The predicted molar refractivity (Wildman–Crippen MR) is 82.2 cm³/mol. The molecule has 1 aliphatic rings. The summed E-state index contributed by atoms with van der Waals surface area (Å²) in [6.45, 7) is 2.44. The van der Waals surface area contributed by atoms with E-state index in [1.807, 2.05) is 60.4 Å². The number of amides is 1. The summed E-state index contributed by atoms with van der Waals surface area (Å²) in [5, 5.41) is 3.93. The molecule has 0 radical (unpaired) electrons. The van der Waals surface area contributed by atoms with Gasteiger partial charge < -0.3 is 10.2 Å². The van der Waals surface area contributed by atoms with Gasteiger partial charge in [0, 0.05) is 5.02 Å². The van der Waals surface area contributed by atoms with E-state index in [1.54, 1.807) is 0 Å². The lowest BCUT2D eigenvalue weighted by atomic mass is 10.1. The molecule has 1 N–H and O–H groups in total. The molecule has 2 aromatic rings. The van der Waals surface area contributed by atoms with Crippen LogP contribution in [0.1, 0.15) is 12.5 Å². The minimum Gasteiger partial charge on any atom is -0.372 e. The Kier molecular flexibility index (Phi) is 3.36. The molecule has 102 valence electrons. The quantitative estimate of drug-likeness (QED) is 0.913. The minimum atomic E-state index is -0.211. The topological polar surface area (TPSA) is 32.3 Å². The first kappa shape index (κ1) is 13.0. The lowest BCUT2D eigenvalue weighted by molar-refractivity contribution is -0.119. The lowest BCUT2D eigenvalue weighted by Gasteiger charge is -2.34. The van der Waals surface area contributed by atoms with Crippen molar-refractivity contribution in [1.82, 2.24) is 0 Å². The number of nitrogens with one attached hydrogen (secondary N) is 1. The molecule has 0 bridgehead atoms. The Balaban J connectivity index is 1.95. The Morgan fingerprint density at radius 2 is 1.85 bits per heavy atom. The molecular formula is C16H15ClN2O. The predicted octanol–water partition coefficient (Wildman–Crippen LogP) is 3.69. The van der Waals surface area contributed by atoms with Gasteiger partial charge in [-0.2, -0.15) is 0 Å². The third-order valence-corrected chi connectivity index (χ3v) is 3.71. The Labute approximate surface area is 123 Å². The van der Waals surface area contributed by atoms with Gasteiger partial charge in [-0.05, 0) is 36.8 Å². The van der Waals surface area contributed by atoms with Crippen molar-refractivity contribution < 1.29 is 4.79 Å². The number of carbonyl (C=O) groups excluding carboxylic acids is 1. The van der Waals surface area contributed by atoms with Gasteiger partial charge in [-0.25, -0.2) is 0 Å². The summed E-state index contributed by atoms with van der Waals surface area (Å²) in [7, 11) is 0. The van der Waals surface area contributed by atoms with Crippen LogP contribution in [0, 0.1) is 0 Å². The summed E-state index contributed by atoms with van der Waals surface area (Å²) in [4.78, 5) is 14.2. The molecule has 20 heavy (non-hydrogen) atoms. The summed E-state index contributed by atoms with van der Waals surface area (Å²) in [6, 6.07) is 15.2. The van der Waals surface area contributed by atoms with Crippen molar-refractivity contribution in [3.8, 4) is 0 Å². The SMILES string of the molecule is CC1Nc2ccccc2N(Cc2ccc(Cl)cc2)C1=O. The van der Waals surface area contributed by atoms with E-state index in [9.17, 15) is 4.79 Å². The molecule has 4 heteroatoms. The van der Waals surface area contributed by atoms with Gasteiger partial charge >= 0.3 is 0 Å². The van der Waals surface area contributed by atoms with E-state index in [0.717, 1.165) is 16.9 Å². The van der Waals surface area contributed by atoms with Crippen molar-refractivity contribution in [2.75, 3.05) is 10.2 Å². The van der Waals surface area contributed by atoms with Crippen LogP contribution in [0.5, 0.6) is 0 Å². The summed E-state index contributed by atoms with van der Waals surface area (Å²) < 4.78 is 0. The Hall–Kier alpha value is -2.00. The molecule has 3 nitrogen and oxygen atoms in total. The number of para-hydroxylation sites is 2. The summed E-state index contributed by atoms with van der Waals surface area (Å²) in [5.41, 5.74) is 2.98. The molecule has 1 heterocycles. The molecule has 1 amide bonds. The highest BCUT2D eigenvalue weighted by atomic mass is 35.5. The van der Waals surface area contributed by atoms with Crippen LogP contribution in [0.15, 0.2) is 48.5 Å². The summed E-state index contributed by atoms with van der Waals surface area (Å²) in [6.07, 6.45) is 0. The fourth-order valence-electron chi connectivity index (χ4n) is 2.41. The fourth-order valence-corrected chi connectivity index (χ4v) is 2.54. The molecule has 2 aromatic carbocycles. The van der Waals surface area contributed by atoms with Crippen LogP contribution < -0.4 is 10.2 Å². The van der Waals surface area contributed by atoms with Gasteiger partial charge in [0.1, 0.15) is 6.04 Å². The second-order valence-corrected chi connectivity index (χ2v) is 5.37. The first-order valence-electron chi connectivity index (χ1n) is 6.56. The van der Waals surface area contributed by atoms with Gasteiger partial charge in [0.05, 0.1) is 17.9 Å². The first-order valence-corrected chi connectivity index (χ1v) is 6.94. The molecule has 0 aromatic heterocycles. The van der Waals surface area contributed by atoms with Crippen LogP contribution >= 0.6 is 11.6 Å². The van der Waals surface area contributed by atoms with Crippen molar-refractivity contribution in [2.24, 2.45) is 0 Å². The highest BCUT2D eigenvalue weighted by Crippen LogP contribution is 2.32. The second-order valence-electron chi connectivity index (χ2n) is 4.93. The Morgan fingerprint density at radius 1 is 1.15 bits per heavy atom. The van der Waals surface area contributed by atoms with Gasteiger partial charge in [0.25, 0.3) is 0 Å². The van der Waals surface area contributed by atoms with E-state index < -0.39 is 0 Å². The number of rotatable bonds is 2. The molecule has 1 aliphatic heterocycles. The number of fused-ring (bicyclic) bond motifs is 1. The van der Waals surface area contributed by atoms with Crippen molar-refractivity contribution in [2.45, 2.75) is 19.5 Å². The average molecular weight is 287 g/mol. The maximum absolute atomic E-state index is 12.4. The van der Waals surface area contributed by atoms with Gasteiger partial charge in [0.2, 0.25) is 5.91 Å². The van der Waals surface area contributed by atoms with E-state index in [0.29, 0.717) is 11.6 Å². The summed E-state index contributed by atoms with van der Waals surface area (Å²) >= 11 is 5.90. The number of nitrogens with zero attached hydrogens (tertiary/aromatic N) is 1. The fraction of sp³-hybridized carbons (Fsp3) is 0.188. The number of benzene rings is 2. The third kappa shape index (κ3) is 2.37. The molecule has 0 saturated heterocycles. The number of anilines is 2. The lowest BCUT2D eigenvalue weighted by Crippen LogP contribution is -2.45. The van der Waals surface area contributed by atoms with Crippen LogP contribution in [0.3, 0.4) is 0 Å². The van der Waals surface area contributed by atoms with Gasteiger partial charge in [-0.1, -0.05) is 35.9 Å². The molecule has 1 unspecified atom stereocenters. The highest BCUT2D eigenvalue weighted by Gasteiger charge is 2.29. The number of carbonyl (C=O) groups is 1. The maximum atomic E-state index is 12.4. The minimum absolute atomic E-state index is 0.0821. The molecular weight excluding hydrogens is 272 g/mol.